The zero-order valence-corrected chi connectivity index (χ0v) is 16.6. The van der Waals surface area contributed by atoms with E-state index in [2.05, 4.69) is 17.0 Å². The van der Waals surface area contributed by atoms with E-state index in [1.807, 2.05) is 34.9 Å². The van der Waals surface area contributed by atoms with Crippen molar-refractivity contribution in [3.63, 3.8) is 0 Å². The molecule has 6 heteroatoms. The minimum Gasteiger partial charge on any atom is -0.462 e. The Hall–Kier alpha value is -3.14. The molecular formula is C24H23N3O3. The van der Waals surface area contributed by atoms with Gasteiger partial charge in [0.1, 0.15) is 18.1 Å². The van der Waals surface area contributed by atoms with Crippen molar-refractivity contribution < 1.29 is 9.52 Å². The second-order valence-electron chi connectivity index (χ2n) is 8.30. The summed E-state index contributed by atoms with van der Waals surface area (Å²) in [6.45, 7) is 3.16. The predicted octanol–water partition coefficient (Wildman–Crippen LogP) is 3.09. The van der Waals surface area contributed by atoms with Crippen LogP contribution in [0.15, 0.2) is 57.7 Å². The predicted molar refractivity (Wildman–Crippen MR) is 112 cm³/mol. The topological polar surface area (TPSA) is 82.4 Å². The van der Waals surface area contributed by atoms with Crippen LogP contribution in [-0.4, -0.2) is 27.7 Å². The Bertz CT molecular complexity index is 1190. The average molecular weight is 401 g/mol. The molecule has 0 spiro atoms. The lowest BCUT2D eigenvalue weighted by Gasteiger charge is -2.42. The number of rotatable bonds is 4. The summed E-state index contributed by atoms with van der Waals surface area (Å²) in [4.78, 5) is 15.7. The van der Waals surface area contributed by atoms with Gasteiger partial charge in [0.2, 0.25) is 0 Å². The number of aromatic nitrogens is 1. The number of nitriles is 1. The summed E-state index contributed by atoms with van der Waals surface area (Å²) in [7, 11) is 0. The van der Waals surface area contributed by atoms with Crippen LogP contribution in [0, 0.1) is 17.2 Å². The van der Waals surface area contributed by atoms with E-state index in [0.717, 1.165) is 43.1 Å². The molecule has 1 saturated heterocycles. The SMILES string of the molecule is N#Cc1cccc(-c2ccc3n(c2=O)C[C@H]2C[C@@H]3CN(Cc3ccc(CO)o3)C2)c1. The van der Waals surface area contributed by atoms with Crippen molar-refractivity contribution in [1.29, 1.82) is 5.26 Å². The zero-order valence-electron chi connectivity index (χ0n) is 16.6. The summed E-state index contributed by atoms with van der Waals surface area (Å²) in [5, 5.41) is 18.4. The van der Waals surface area contributed by atoms with E-state index in [1.54, 1.807) is 12.1 Å². The van der Waals surface area contributed by atoms with Crippen LogP contribution in [0.3, 0.4) is 0 Å². The first-order valence-electron chi connectivity index (χ1n) is 10.3. The second-order valence-corrected chi connectivity index (χ2v) is 8.30. The highest BCUT2D eigenvalue weighted by molar-refractivity contribution is 5.64. The molecule has 1 aromatic carbocycles. The third-order valence-electron chi connectivity index (χ3n) is 6.24. The zero-order chi connectivity index (χ0) is 20.7. The standard InChI is InChI=1S/C24H23N3O3/c25-10-16-2-1-3-18(8-16)22-6-7-23-19-9-17(12-27(23)24(22)29)11-26(13-19)14-20-4-5-21(15-28)30-20/h1-8,17,19,28H,9,11-15H2/t17-,19+/m0/s1. The van der Waals surface area contributed by atoms with Gasteiger partial charge in [-0.15, -0.1) is 0 Å². The quantitative estimate of drug-likeness (QED) is 0.726. The number of fused-ring (bicyclic) bond motifs is 4. The average Bonchev–Trinajstić information content (AvgIpc) is 3.22. The Kier molecular flexibility index (Phi) is 4.78. The van der Waals surface area contributed by atoms with Crippen LogP contribution in [0.2, 0.25) is 0 Å². The molecular weight excluding hydrogens is 378 g/mol. The highest BCUT2D eigenvalue weighted by Crippen LogP contribution is 2.36. The summed E-state index contributed by atoms with van der Waals surface area (Å²) in [6.07, 6.45) is 1.10. The number of nitrogens with zero attached hydrogens (tertiary/aromatic N) is 3. The van der Waals surface area contributed by atoms with Crippen LogP contribution in [0.1, 0.15) is 35.1 Å². The maximum Gasteiger partial charge on any atom is 0.258 e. The van der Waals surface area contributed by atoms with Gasteiger partial charge in [-0.3, -0.25) is 9.69 Å². The number of pyridine rings is 1. The molecule has 3 aromatic rings. The van der Waals surface area contributed by atoms with Gasteiger partial charge in [-0.25, -0.2) is 0 Å². The Labute approximate surface area is 174 Å². The molecule has 5 rings (SSSR count). The highest BCUT2D eigenvalue weighted by Gasteiger charge is 2.35. The van der Waals surface area contributed by atoms with E-state index < -0.39 is 0 Å². The molecule has 2 aliphatic heterocycles. The molecule has 2 atom stereocenters. The highest BCUT2D eigenvalue weighted by atomic mass is 16.4. The number of furan rings is 1. The molecule has 2 aliphatic rings. The Balaban J connectivity index is 1.42. The first-order chi connectivity index (χ1) is 14.6. The summed E-state index contributed by atoms with van der Waals surface area (Å²) in [5.41, 5.74) is 3.13. The maximum atomic E-state index is 13.3. The van der Waals surface area contributed by atoms with Gasteiger partial charge in [-0.05, 0) is 54.3 Å². The lowest BCUT2D eigenvalue weighted by atomic mass is 9.82. The smallest absolute Gasteiger partial charge is 0.258 e. The van der Waals surface area contributed by atoms with Crippen molar-refractivity contribution in [2.75, 3.05) is 13.1 Å². The first kappa shape index (κ1) is 18.9. The summed E-state index contributed by atoms with van der Waals surface area (Å²) >= 11 is 0. The molecule has 6 nitrogen and oxygen atoms in total. The van der Waals surface area contributed by atoms with E-state index in [1.165, 1.54) is 0 Å². The largest absolute Gasteiger partial charge is 0.462 e. The monoisotopic (exact) mass is 401 g/mol. The fourth-order valence-corrected chi connectivity index (χ4v) is 4.96. The summed E-state index contributed by atoms with van der Waals surface area (Å²) < 4.78 is 7.61. The fourth-order valence-electron chi connectivity index (χ4n) is 4.96. The minimum atomic E-state index is -0.0822. The van der Waals surface area contributed by atoms with Crippen LogP contribution in [0.5, 0.6) is 0 Å². The van der Waals surface area contributed by atoms with Crippen molar-refractivity contribution in [3.8, 4) is 17.2 Å². The Morgan fingerprint density at radius 1 is 1.10 bits per heavy atom. The second kappa shape index (κ2) is 7.60. The molecule has 30 heavy (non-hydrogen) atoms. The molecule has 2 aromatic heterocycles. The fraction of sp³-hybridized carbons (Fsp3) is 0.333. The van der Waals surface area contributed by atoms with Gasteiger partial charge in [0, 0.05) is 36.8 Å². The van der Waals surface area contributed by atoms with Crippen molar-refractivity contribution >= 4 is 0 Å². The molecule has 0 unspecified atom stereocenters. The lowest BCUT2D eigenvalue weighted by molar-refractivity contribution is 0.106. The van der Waals surface area contributed by atoms with Gasteiger partial charge < -0.3 is 14.1 Å². The molecule has 4 heterocycles. The molecule has 1 N–H and O–H groups in total. The van der Waals surface area contributed by atoms with Gasteiger partial charge >= 0.3 is 0 Å². The van der Waals surface area contributed by atoms with Gasteiger partial charge in [-0.1, -0.05) is 12.1 Å². The van der Waals surface area contributed by atoms with Crippen molar-refractivity contribution in [3.05, 3.63) is 81.7 Å². The summed E-state index contributed by atoms with van der Waals surface area (Å²) in [6, 6.07) is 17.1. The maximum absolute atomic E-state index is 13.3. The normalized spacial score (nSPS) is 20.5. The molecule has 0 saturated carbocycles. The number of aliphatic hydroxyl groups is 1. The van der Waals surface area contributed by atoms with Gasteiger partial charge in [0.15, 0.2) is 0 Å². The number of aliphatic hydroxyl groups excluding tert-OH is 1. The molecule has 0 aliphatic carbocycles. The van der Waals surface area contributed by atoms with E-state index >= 15 is 0 Å². The number of benzene rings is 1. The van der Waals surface area contributed by atoms with E-state index in [4.69, 9.17) is 9.68 Å². The molecule has 152 valence electrons. The summed E-state index contributed by atoms with van der Waals surface area (Å²) in [5.74, 6) is 2.19. The van der Waals surface area contributed by atoms with Crippen LogP contribution < -0.4 is 5.56 Å². The van der Waals surface area contributed by atoms with Gasteiger partial charge in [-0.2, -0.15) is 5.26 Å². The lowest BCUT2D eigenvalue weighted by Crippen LogP contribution is -2.46. The van der Waals surface area contributed by atoms with Crippen LogP contribution in [0.25, 0.3) is 11.1 Å². The van der Waals surface area contributed by atoms with Gasteiger partial charge in [0.05, 0.1) is 18.2 Å². The van der Waals surface area contributed by atoms with E-state index in [9.17, 15) is 9.90 Å². The number of hydrogen-bond donors (Lipinski definition) is 1. The molecule has 0 amide bonds. The molecule has 2 bridgehead atoms. The molecule has 0 radical (unpaired) electrons. The van der Waals surface area contributed by atoms with Gasteiger partial charge in [0.25, 0.3) is 5.56 Å². The Morgan fingerprint density at radius 2 is 1.97 bits per heavy atom. The van der Waals surface area contributed by atoms with Crippen LogP contribution >= 0.6 is 0 Å². The number of hydrogen-bond acceptors (Lipinski definition) is 5. The van der Waals surface area contributed by atoms with E-state index in [-0.39, 0.29) is 12.2 Å². The number of piperidine rings is 1. The molecule has 1 fully saturated rings. The van der Waals surface area contributed by atoms with Crippen molar-refractivity contribution in [1.82, 2.24) is 9.47 Å². The third-order valence-corrected chi connectivity index (χ3v) is 6.24. The van der Waals surface area contributed by atoms with Crippen molar-refractivity contribution in [2.45, 2.75) is 32.0 Å². The van der Waals surface area contributed by atoms with E-state index in [0.29, 0.717) is 35.3 Å². The number of likely N-dealkylation sites (tertiary alicyclic amines) is 1. The Morgan fingerprint density at radius 3 is 2.77 bits per heavy atom. The minimum absolute atomic E-state index is 0.0318. The van der Waals surface area contributed by atoms with Crippen LogP contribution in [-0.2, 0) is 19.7 Å². The van der Waals surface area contributed by atoms with Crippen LogP contribution in [0.4, 0.5) is 0 Å². The van der Waals surface area contributed by atoms with Crippen molar-refractivity contribution in [2.24, 2.45) is 5.92 Å². The first-order valence-corrected chi connectivity index (χ1v) is 10.3. The third kappa shape index (κ3) is 3.36.